The summed E-state index contributed by atoms with van der Waals surface area (Å²) in [5.41, 5.74) is 3.68. The highest BCUT2D eigenvalue weighted by Gasteiger charge is 2.08. The highest BCUT2D eigenvalue weighted by Crippen LogP contribution is 2.25. The summed E-state index contributed by atoms with van der Waals surface area (Å²) in [5, 5.41) is 3.96. The van der Waals surface area contributed by atoms with Gasteiger partial charge in [-0.2, -0.15) is 0 Å². The zero-order valence-corrected chi connectivity index (χ0v) is 14.0. The van der Waals surface area contributed by atoms with Crippen LogP contribution >= 0.6 is 27.5 Å². The van der Waals surface area contributed by atoms with Crippen molar-refractivity contribution in [2.75, 3.05) is 19.0 Å². The van der Waals surface area contributed by atoms with E-state index < -0.39 is 0 Å². The predicted octanol–water partition coefficient (Wildman–Crippen LogP) is 4.46. The predicted molar refractivity (Wildman–Crippen MR) is 90.5 cm³/mol. The third kappa shape index (κ3) is 3.98. The number of hydrogen-bond acceptors (Lipinski definition) is 2. The van der Waals surface area contributed by atoms with E-state index in [-0.39, 0.29) is 0 Å². The van der Waals surface area contributed by atoms with Crippen LogP contribution < -0.4 is 10.2 Å². The molecule has 0 fully saturated rings. The van der Waals surface area contributed by atoms with Gasteiger partial charge in [-0.15, -0.1) is 0 Å². The summed E-state index contributed by atoms with van der Waals surface area (Å²) in [6.07, 6.45) is 0. The van der Waals surface area contributed by atoms with E-state index in [1.165, 1.54) is 11.1 Å². The number of halogens is 2. The topological polar surface area (TPSA) is 15.3 Å². The summed E-state index contributed by atoms with van der Waals surface area (Å²) < 4.78 is 1.10. The van der Waals surface area contributed by atoms with Gasteiger partial charge in [0.15, 0.2) is 0 Å². The molecule has 2 rings (SSSR count). The van der Waals surface area contributed by atoms with Gasteiger partial charge in [-0.05, 0) is 42.4 Å². The summed E-state index contributed by atoms with van der Waals surface area (Å²) in [5.74, 6) is 0. The van der Waals surface area contributed by atoms with Crippen LogP contribution in [-0.4, -0.2) is 14.1 Å². The highest BCUT2D eigenvalue weighted by atomic mass is 79.9. The van der Waals surface area contributed by atoms with Crippen molar-refractivity contribution in [1.29, 1.82) is 0 Å². The molecule has 2 nitrogen and oxygen atoms in total. The molecule has 0 heterocycles. The van der Waals surface area contributed by atoms with Crippen LogP contribution in [0.5, 0.6) is 0 Å². The first-order valence-corrected chi connectivity index (χ1v) is 7.66. The van der Waals surface area contributed by atoms with Crippen molar-refractivity contribution in [3.8, 4) is 0 Å². The van der Waals surface area contributed by atoms with Crippen molar-refractivity contribution >= 4 is 33.2 Å². The van der Waals surface area contributed by atoms with Gasteiger partial charge in [0.2, 0.25) is 0 Å². The third-order valence-electron chi connectivity index (χ3n) is 3.16. The second kappa shape index (κ2) is 7.11. The van der Waals surface area contributed by atoms with Crippen molar-refractivity contribution in [2.24, 2.45) is 0 Å². The molecule has 0 aliphatic carbocycles. The second-order valence-electron chi connectivity index (χ2n) is 4.79. The Morgan fingerprint density at radius 1 is 1.15 bits per heavy atom. The van der Waals surface area contributed by atoms with E-state index in [4.69, 9.17) is 11.6 Å². The van der Waals surface area contributed by atoms with Crippen molar-refractivity contribution in [3.05, 3.63) is 63.1 Å². The Balaban J connectivity index is 2.21. The molecule has 0 atom stereocenters. The van der Waals surface area contributed by atoms with Crippen LogP contribution in [0.15, 0.2) is 46.9 Å². The molecule has 0 aliphatic rings. The van der Waals surface area contributed by atoms with Crippen LogP contribution in [0.2, 0.25) is 5.02 Å². The van der Waals surface area contributed by atoms with Gasteiger partial charge in [-0.1, -0.05) is 45.7 Å². The lowest BCUT2D eigenvalue weighted by Gasteiger charge is -2.23. The van der Waals surface area contributed by atoms with Gasteiger partial charge in [-0.3, -0.25) is 0 Å². The molecule has 0 unspecified atom stereocenters. The molecule has 0 radical (unpaired) electrons. The third-order valence-corrected chi connectivity index (χ3v) is 3.92. The molecular formula is C16H18BrClN2. The standard InChI is InChI=1S/C16H18BrClN2/c1-19-10-13-5-8-15(18)9-16(13)20(2)11-12-3-6-14(17)7-4-12/h3-9,19H,10-11H2,1-2H3. The Morgan fingerprint density at radius 3 is 2.50 bits per heavy atom. The van der Waals surface area contributed by atoms with Crippen molar-refractivity contribution < 1.29 is 0 Å². The molecular weight excluding hydrogens is 336 g/mol. The van der Waals surface area contributed by atoms with E-state index in [1.807, 2.05) is 19.2 Å². The number of anilines is 1. The summed E-state index contributed by atoms with van der Waals surface area (Å²) in [4.78, 5) is 2.22. The maximum atomic E-state index is 6.13. The number of nitrogens with zero attached hydrogens (tertiary/aromatic N) is 1. The Morgan fingerprint density at radius 2 is 1.85 bits per heavy atom. The quantitative estimate of drug-likeness (QED) is 0.854. The number of nitrogens with one attached hydrogen (secondary N) is 1. The molecule has 20 heavy (non-hydrogen) atoms. The van der Waals surface area contributed by atoms with Crippen LogP contribution in [-0.2, 0) is 13.1 Å². The van der Waals surface area contributed by atoms with Gasteiger partial charge in [0.1, 0.15) is 0 Å². The maximum absolute atomic E-state index is 6.13. The molecule has 0 spiro atoms. The molecule has 4 heteroatoms. The monoisotopic (exact) mass is 352 g/mol. The van der Waals surface area contributed by atoms with Gasteiger partial charge in [-0.25, -0.2) is 0 Å². The molecule has 2 aromatic carbocycles. The summed E-state index contributed by atoms with van der Waals surface area (Å²) in [7, 11) is 4.04. The largest absolute Gasteiger partial charge is 0.370 e. The highest BCUT2D eigenvalue weighted by molar-refractivity contribution is 9.10. The molecule has 0 bridgehead atoms. The van der Waals surface area contributed by atoms with E-state index in [9.17, 15) is 0 Å². The molecule has 0 aromatic heterocycles. The normalized spacial score (nSPS) is 10.6. The molecule has 106 valence electrons. The van der Waals surface area contributed by atoms with Gasteiger partial charge < -0.3 is 10.2 Å². The van der Waals surface area contributed by atoms with E-state index in [2.05, 4.69) is 63.5 Å². The fourth-order valence-corrected chi connectivity index (χ4v) is 2.61. The second-order valence-corrected chi connectivity index (χ2v) is 6.14. The summed E-state index contributed by atoms with van der Waals surface area (Å²) in [6.45, 7) is 1.68. The van der Waals surface area contributed by atoms with E-state index >= 15 is 0 Å². The average molecular weight is 354 g/mol. The van der Waals surface area contributed by atoms with E-state index in [0.29, 0.717) is 0 Å². The van der Waals surface area contributed by atoms with Crippen LogP contribution in [0, 0.1) is 0 Å². The van der Waals surface area contributed by atoms with Crippen LogP contribution in [0.1, 0.15) is 11.1 Å². The SMILES string of the molecule is CNCc1ccc(Cl)cc1N(C)Cc1ccc(Br)cc1. The molecule has 0 saturated carbocycles. The molecule has 0 amide bonds. The van der Waals surface area contributed by atoms with Crippen LogP contribution in [0.3, 0.4) is 0 Å². The van der Waals surface area contributed by atoms with Crippen molar-refractivity contribution in [1.82, 2.24) is 5.32 Å². The van der Waals surface area contributed by atoms with E-state index in [1.54, 1.807) is 0 Å². The number of benzene rings is 2. The first kappa shape index (κ1) is 15.4. The van der Waals surface area contributed by atoms with Crippen LogP contribution in [0.25, 0.3) is 0 Å². The fourth-order valence-electron chi connectivity index (χ4n) is 2.18. The number of hydrogen-bond donors (Lipinski definition) is 1. The lowest BCUT2D eigenvalue weighted by atomic mass is 10.1. The first-order chi connectivity index (χ1) is 9.60. The average Bonchev–Trinajstić information content (AvgIpc) is 2.43. The lowest BCUT2D eigenvalue weighted by molar-refractivity contribution is 0.805. The van der Waals surface area contributed by atoms with Crippen molar-refractivity contribution in [3.63, 3.8) is 0 Å². The number of rotatable bonds is 5. The van der Waals surface area contributed by atoms with Gasteiger partial charge >= 0.3 is 0 Å². The van der Waals surface area contributed by atoms with E-state index in [0.717, 1.165) is 28.3 Å². The molecule has 0 aliphatic heterocycles. The zero-order valence-electron chi connectivity index (χ0n) is 11.7. The first-order valence-electron chi connectivity index (χ1n) is 6.49. The molecule has 2 aromatic rings. The Bertz CT molecular complexity index is 569. The minimum Gasteiger partial charge on any atom is -0.370 e. The smallest absolute Gasteiger partial charge is 0.0427 e. The maximum Gasteiger partial charge on any atom is 0.0427 e. The van der Waals surface area contributed by atoms with Gasteiger partial charge in [0.25, 0.3) is 0 Å². The Kier molecular flexibility index (Phi) is 5.46. The Hall–Kier alpha value is -1.03. The summed E-state index contributed by atoms with van der Waals surface area (Å²) >= 11 is 9.59. The lowest BCUT2D eigenvalue weighted by Crippen LogP contribution is -2.19. The van der Waals surface area contributed by atoms with Gasteiger partial charge in [0, 0.05) is 35.3 Å². The van der Waals surface area contributed by atoms with Gasteiger partial charge in [0.05, 0.1) is 0 Å². The zero-order chi connectivity index (χ0) is 14.5. The minimum absolute atomic E-state index is 0.766. The molecule has 1 N–H and O–H groups in total. The minimum atomic E-state index is 0.766. The fraction of sp³-hybridized carbons (Fsp3) is 0.250. The van der Waals surface area contributed by atoms with Crippen molar-refractivity contribution in [2.45, 2.75) is 13.1 Å². The molecule has 0 saturated heterocycles. The summed E-state index contributed by atoms with van der Waals surface area (Å²) in [6, 6.07) is 14.4. The Labute approximate surface area is 133 Å². The van der Waals surface area contributed by atoms with Crippen LogP contribution in [0.4, 0.5) is 5.69 Å².